The Bertz CT molecular complexity index is 789. The van der Waals surface area contributed by atoms with Crippen LogP contribution >= 0.6 is 7.82 Å². The number of ether oxygens (including phenoxy) is 2. The molecule has 0 aromatic carbocycles. The fourth-order valence-electron chi connectivity index (χ4n) is 3.27. The average molecular weight is 389 g/mol. The highest BCUT2D eigenvalue weighted by molar-refractivity contribution is 7.46. The summed E-state index contributed by atoms with van der Waals surface area (Å²) in [6.07, 6.45) is 3.61. The van der Waals surface area contributed by atoms with E-state index in [1.165, 1.54) is 16.9 Å². The lowest BCUT2D eigenvalue weighted by atomic mass is 9.98. The molecule has 11 nitrogen and oxygen atoms in total. The number of nitrogens with one attached hydrogen (secondary N) is 1. The van der Waals surface area contributed by atoms with E-state index < -0.39 is 26.0 Å². The van der Waals surface area contributed by atoms with Crippen molar-refractivity contribution in [2.45, 2.75) is 31.5 Å². The van der Waals surface area contributed by atoms with Crippen LogP contribution in [0.3, 0.4) is 0 Å². The molecule has 1 fully saturated rings. The van der Waals surface area contributed by atoms with E-state index in [4.69, 9.17) is 19.3 Å². The number of carbonyl (C=O) groups excluding carboxylic acids is 1. The van der Waals surface area contributed by atoms with Gasteiger partial charge in [-0.15, -0.1) is 0 Å². The van der Waals surface area contributed by atoms with Gasteiger partial charge in [0.25, 0.3) is 5.91 Å². The van der Waals surface area contributed by atoms with Gasteiger partial charge in [0.05, 0.1) is 12.6 Å². The minimum atomic E-state index is -4.77. The summed E-state index contributed by atoms with van der Waals surface area (Å²) in [5, 5.41) is 0. The Morgan fingerprint density at radius 2 is 2.12 bits per heavy atom. The highest BCUT2D eigenvalue weighted by atomic mass is 31.2. The summed E-state index contributed by atoms with van der Waals surface area (Å²) in [6, 6.07) is 1.05. The van der Waals surface area contributed by atoms with Gasteiger partial charge in [-0.25, -0.2) is 9.09 Å². The summed E-state index contributed by atoms with van der Waals surface area (Å²) in [5.41, 5.74) is 2.50. The Kier molecular flexibility index (Phi) is 5.35. The lowest BCUT2D eigenvalue weighted by molar-refractivity contribution is 0.0185. The number of carbonyl (C=O) groups is 1. The second kappa shape index (κ2) is 7.37. The Hall–Kier alpha value is -1.91. The molecule has 2 aliphatic rings. The first kappa shape index (κ1) is 18.9. The van der Waals surface area contributed by atoms with Crippen LogP contribution in [0, 0.1) is 0 Å². The number of methoxy groups -OCH3 is 1. The predicted molar refractivity (Wildman–Crippen MR) is 88.2 cm³/mol. The van der Waals surface area contributed by atoms with E-state index in [-0.39, 0.29) is 23.7 Å². The van der Waals surface area contributed by atoms with Crippen LogP contribution in [0.15, 0.2) is 17.1 Å². The molecule has 2 atom stereocenters. The highest BCUT2D eigenvalue weighted by Crippen LogP contribution is 2.36. The van der Waals surface area contributed by atoms with E-state index in [0.29, 0.717) is 6.61 Å². The number of hydrogen-bond acceptors (Lipinski definition) is 7. The highest BCUT2D eigenvalue weighted by Gasteiger charge is 2.41. The number of piperidine rings is 1. The molecule has 0 bridgehead atoms. The number of rotatable bonds is 6. The van der Waals surface area contributed by atoms with Crippen LogP contribution in [0.2, 0.25) is 0 Å². The number of hydrogen-bond donors (Lipinski definition) is 3. The molecule has 1 aromatic rings. The first-order chi connectivity index (χ1) is 12.3. The molecule has 0 spiro atoms. The number of pyridine rings is 1. The van der Waals surface area contributed by atoms with Crippen LogP contribution in [0.4, 0.5) is 0 Å². The van der Waals surface area contributed by atoms with E-state index in [9.17, 15) is 14.2 Å². The van der Waals surface area contributed by atoms with Crippen LogP contribution in [0.25, 0.3) is 0 Å². The van der Waals surface area contributed by atoms with Crippen molar-refractivity contribution in [3.8, 4) is 5.75 Å². The molecule has 1 unspecified atom stereocenters. The molecule has 2 aliphatic heterocycles. The number of fused-ring (bicyclic) bond motifs is 2. The van der Waals surface area contributed by atoms with Crippen LogP contribution in [-0.4, -0.2) is 58.0 Å². The van der Waals surface area contributed by atoms with Gasteiger partial charge >= 0.3 is 7.82 Å². The third kappa shape index (κ3) is 3.76. The molecular formula is C14H20N3O8P. The molecule has 1 saturated heterocycles. The van der Waals surface area contributed by atoms with Gasteiger partial charge in [-0.1, -0.05) is 0 Å². The minimum Gasteiger partial charge on any atom is -0.460 e. The van der Waals surface area contributed by atoms with Crippen LogP contribution in [-0.2, 0) is 13.8 Å². The summed E-state index contributed by atoms with van der Waals surface area (Å²) in [7, 11) is -3.21. The van der Waals surface area contributed by atoms with Crippen molar-refractivity contribution in [3.05, 3.63) is 28.2 Å². The van der Waals surface area contributed by atoms with Gasteiger partial charge in [-0.3, -0.25) is 14.3 Å². The van der Waals surface area contributed by atoms with E-state index in [1.54, 1.807) is 12.0 Å². The maximum Gasteiger partial charge on any atom is 0.472 e. The first-order valence-corrected chi connectivity index (χ1v) is 9.51. The van der Waals surface area contributed by atoms with Crippen LogP contribution < -0.4 is 15.6 Å². The van der Waals surface area contributed by atoms with Gasteiger partial charge in [0.1, 0.15) is 6.17 Å². The third-order valence-electron chi connectivity index (χ3n) is 4.31. The second-order valence-corrected chi connectivity index (χ2v) is 7.25. The van der Waals surface area contributed by atoms with Crippen LogP contribution in [0.5, 0.6) is 5.75 Å². The maximum atomic E-state index is 13.1. The number of phosphoric acid groups is 1. The summed E-state index contributed by atoms with van der Waals surface area (Å²) in [6.45, 7) is -0.507. The number of aromatic nitrogens is 1. The molecule has 0 aliphatic carbocycles. The second-order valence-electron chi connectivity index (χ2n) is 6.01. The van der Waals surface area contributed by atoms with Gasteiger partial charge in [-0.2, -0.15) is 0 Å². The van der Waals surface area contributed by atoms with Gasteiger partial charge < -0.3 is 29.6 Å². The van der Waals surface area contributed by atoms with Crippen molar-refractivity contribution in [1.29, 1.82) is 0 Å². The van der Waals surface area contributed by atoms with E-state index >= 15 is 0 Å². The molecule has 3 heterocycles. The fraction of sp³-hybridized carbons (Fsp3) is 0.571. The van der Waals surface area contributed by atoms with Crippen molar-refractivity contribution in [3.63, 3.8) is 0 Å². The summed E-state index contributed by atoms with van der Waals surface area (Å²) >= 11 is 0. The normalized spacial score (nSPS) is 22.4. The molecule has 26 heavy (non-hydrogen) atoms. The maximum absolute atomic E-state index is 13.1. The summed E-state index contributed by atoms with van der Waals surface area (Å²) < 4.78 is 26.7. The lowest BCUT2D eigenvalue weighted by Crippen LogP contribution is -2.60. The molecule has 1 amide bonds. The van der Waals surface area contributed by atoms with Gasteiger partial charge in [0.15, 0.2) is 5.69 Å². The average Bonchev–Trinajstić information content (AvgIpc) is 2.56. The Morgan fingerprint density at radius 3 is 2.81 bits per heavy atom. The van der Waals surface area contributed by atoms with Crippen molar-refractivity contribution in [2.24, 2.45) is 0 Å². The predicted octanol–water partition coefficient (Wildman–Crippen LogP) is -0.182. The lowest BCUT2D eigenvalue weighted by Gasteiger charge is -2.46. The molecule has 3 rings (SSSR count). The Labute approximate surface area is 148 Å². The topological polar surface area (TPSA) is 140 Å². The molecule has 0 radical (unpaired) electrons. The zero-order valence-electron chi connectivity index (χ0n) is 14.0. The number of nitrogens with zero attached hydrogens (tertiary/aromatic N) is 2. The number of phosphoric ester groups is 1. The van der Waals surface area contributed by atoms with Gasteiger partial charge in [-0.05, 0) is 19.3 Å². The van der Waals surface area contributed by atoms with E-state index in [2.05, 4.69) is 9.95 Å². The largest absolute Gasteiger partial charge is 0.472 e. The van der Waals surface area contributed by atoms with Crippen LogP contribution in [0.1, 0.15) is 29.8 Å². The summed E-state index contributed by atoms with van der Waals surface area (Å²) in [5.74, 6) is -0.752. The quantitative estimate of drug-likeness (QED) is 0.446. The van der Waals surface area contributed by atoms with E-state index in [1.807, 2.05) is 0 Å². The van der Waals surface area contributed by atoms with Gasteiger partial charge in [0, 0.05) is 19.4 Å². The Balaban J connectivity index is 1.93. The van der Waals surface area contributed by atoms with Crippen molar-refractivity contribution in [1.82, 2.24) is 9.58 Å². The smallest absolute Gasteiger partial charge is 0.460 e. The molecule has 12 heteroatoms. The number of amides is 1. The molecule has 144 valence electrons. The van der Waals surface area contributed by atoms with Crippen molar-refractivity contribution in [2.75, 3.05) is 25.9 Å². The molecular weight excluding hydrogens is 369 g/mol. The molecule has 3 N–H and O–H groups in total. The molecule has 0 saturated carbocycles. The van der Waals surface area contributed by atoms with E-state index in [0.717, 1.165) is 19.3 Å². The standard InChI is InChI=1S/C14H20N3O8P/c1-23-7-9-3-2-4-11-15-16-6-5-10(18)13(12(16)14(19)17(9)11)24-8-25-26(20,21)22/h5-6,9,11,15H,2-4,7-8H2,1H3,(H2,20,21,22)/t9?,11-/m0/s1. The SMILES string of the molecule is COCC1CCC[C@H]2Nn3ccc(=O)c(OCOP(=O)(O)O)c3C(=O)N12. The zero-order chi connectivity index (χ0) is 18.9. The van der Waals surface area contributed by atoms with Gasteiger partial charge in [0.2, 0.25) is 18.0 Å². The minimum absolute atomic E-state index is 0.0499. The van der Waals surface area contributed by atoms with Crippen molar-refractivity contribution < 1.29 is 33.1 Å². The molecule has 1 aromatic heterocycles. The van der Waals surface area contributed by atoms with Crippen molar-refractivity contribution >= 4 is 13.7 Å². The Morgan fingerprint density at radius 1 is 1.35 bits per heavy atom. The summed E-state index contributed by atoms with van der Waals surface area (Å²) in [4.78, 5) is 44.3. The fourth-order valence-corrected chi connectivity index (χ4v) is 3.46. The first-order valence-electron chi connectivity index (χ1n) is 7.98. The monoisotopic (exact) mass is 389 g/mol. The third-order valence-corrected chi connectivity index (χ3v) is 4.75. The zero-order valence-corrected chi connectivity index (χ0v) is 14.9.